The molecule has 11 nitrogen and oxygen atoms in total. The van der Waals surface area contributed by atoms with Crippen molar-refractivity contribution < 1.29 is 33.5 Å². The molecule has 11 heteroatoms. The molecule has 0 radical (unpaired) electrons. The van der Waals surface area contributed by atoms with E-state index in [0.717, 1.165) is 11.1 Å². The van der Waals surface area contributed by atoms with Crippen LogP contribution in [-0.4, -0.2) is 42.5 Å². The van der Waals surface area contributed by atoms with Crippen LogP contribution in [0.15, 0.2) is 48.0 Å². The number of esters is 1. The molecule has 0 unspecified atom stereocenters. The van der Waals surface area contributed by atoms with Crippen LogP contribution >= 0.6 is 0 Å². The number of carbonyl (C=O) groups excluding carboxylic acids is 3. The summed E-state index contributed by atoms with van der Waals surface area (Å²) in [7, 11) is 0. The van der Waals surface area contributed by atoms with Gasteiger partial charge in [0, 0.05) is 6.07 Å². The second-order valence-electron chi connectivity index (χ2n) is 6.63. The first-order valence-electron chi connectivity index (χ1n) is 10.0. The molecule has 2 aromatic carbocycles. The predicted octanol–water partition coefficient (Wildman–Crippen LogP) is 2.40. The summed E-state index contributed by atoms with van der Waals surface area (Å²) in [4.78, 5) is 47.8. The lowest BCUT2D eigenvalue weighted by molar-refractivity contribution is -0.385. The van der Waals surface area contributed by atoms with Crippen LogP contribution in [0.3, 0.4) is 0 Å². The number of para-hydroxylation sites is 1. The van der Waals surface area contributed by atoms with Gasteiger partial charge in [0.05, 0.1) is 23.8 Å². The molecule has 1 aliphatic heterocycles. The summed E-state index contributed by atoms with van der Waals surface area (Å²) < 4.78 is 15.6. The van der Waals surface area contributed by atoms with Crippen molar-refractivity contribution in [3.8, 4) is 11.5 Å². The number of carbonyl (C=O) groups is 3. The van der Waals surface area contributed by atoms with E-state index >= 15 is 0 Å². The van der Waals surface area contributed by atoms with Gasteiger partial charge in [-0.1, -0.05) is 18.2 Å². The molecule has 172 valence electrons. The molecular weight excluding hydrogens is 434 g/mol. The fourth-order valence-corrected chi connectivity index (χ4v) is 3.05. The van der Waals surface area contributed by atoms with Gasteiger partial charge in [-0.3, -0.25) is 25.1 Å². The quantitative estimate of drug-likeness (QED) is 0.200. The lowest BCUT2D eigenvalue weighted by Gasteiger charge is -2.14. The summed E-state index contributed by atoms with van der Waals surface area (Å²) in [5.41, 5.74) is 2.38. The lowest BCUT2D eigenvalue weighted by atomic mass is 10.1. The van der Waals surface area contributed by atoms with Gasteiger partial charge in [0.2, 0.25) is 5.75 Å². The van der Waals surface area contributed by atoms with Crippen molar-refractivity contribution >= 4 is 35.2 Å². The first-order valence-corrected chi connectivity index (χ1v) is 10.0. The molecule has 3 rings (SSSR count). The molecule has 1 aliphatic rings. The molecule has 0 atom stereocenters. The minimum absolute atomic E-state index is 0.0198. The van der Waals surface area contributed by atoms with E-state index in [2.05, 4.69) is 5.43 Å². The zero-order chi connectivity index (χ0) is 24.0. The normalized spacial score (nSPS) is 14.2. The topological polar surface area (TPSA) is 137 Å². The number of anilines is 1. The van der Waals surface area contributed by atoms with E-state index in [1.54, 1.807) is 44.2 Å². The molecule has 0 spiro atoms. The minimum Gasteiger partial charge on any atom is -0.490 e. The molecule has 33 heavy (non-hydrogen) atoms. The van der Waals surface area contributed by atoms with Crippen LogP contribution in [0.2, 0.25) is 0 Å². The van der Waals surface area contributed by atoms with Crippen LogP contribution in [0.1, 0.15) is 19.4 Å². The van der Waals surface area contributed by atoms with Gasteiger partial charge in [-0.15, -0.1) is 0 Å². The van der Waals surface area contributed by atoms with E-state index in [1.165, 1.54) is 12.1 Å². The SMILES string of the molecule is CCOC(=O)COc1c(OCC)cc(C=C2C(=O)NN(c3ccccc3)C2=O)cc1[N+](=O)[O-]. The van der Waals surface area contributed by atoms with Crippen LogP contribution < -0.4 is 19.9 Å². The maximum absolute atomic E-state index is 12.8. The van der Waals surface area contributed by atoms with Crippen molar-refractivity contribution in [1.29, 1.82) is 0 Å². The molecular formula is C22H21N3O8. The number of nitro benzene ring substituents is 1. The van der Waals surface area contributed by atoms with Crippen molar-refractivity contribution in [2.75, 3.05) is 24.8 Å². The lowest BCUT2D eigenvalue weighted by Crippen LogP contribution is -2.35. The van der Waals surface area contributed by atoms with Crippen molar-refractivity contribution in [3.63, 3.8) is 0 Å². The molecule has 0 saturated carbocycles. The molecule has 2 aromatic rings. The second-order valence-corrected chi connectivity index (χ2v) is 6.63. The molecule has 1 heterocycles. The van der Waals surface area contributed by atoms with Gasteiger partial charge in [-0.25, -0.2) is 9.80 Å². The van der Waals surface area contributed by atoms with Crippen LogP contribution in [0.5, 0.6) is 11.5 Å². The van der Waals surface area contributed by atoms with E-state index in [0.29, 0.717) is 5.69 Å². The summed E-state index contributed by atoms with van der Waals surface area (Å²) in [6, 6.07) is 11.0. The van der Waals surface area contributed by atoms with E-state index in [1.807, 2.05) is 0 Å². The molecule has 1 fully saturated rings. The summed E-state index contributed by atoms with van der Waals surface area (Å²) >= 11 is 0. The monoisotopic (exact) mass is 455 g/mol. The fourth-order valence-electron chi connectivity index (χ4n) is 3.05. The Morgan fingerprint density at radius 2 is 1.85 bits per heavy atom. The van der Waals surface area contributed by atoms with Gasteiger partial charge in [0.1, 0.15) is 5.57 Å². The summed E-state index contributed by atoms with van der Waals surface area (Å²) in [5, 5.41) is 12.8. The number of benzene rings is 2. The summed E-state index contributed by atoms with van der Waals surface area (Å²) in [5.74, 6) is -2.25. The third kappa shape index (κ3) is 5.26. The third-order valence-corrected chi connectivity index (χ3v) is 4.41. The van der Waals surface area contributed by atoms with Gasteiger partial charge in [0.15, 0.2) is 12.4 Å². The van der Waals surface area contributed by atoms with E-state index in [9.17, 15) is 24.5 Å². The number of nitrogens with zero attached hydrogens (tertiary/aromatic N) is 2. The van der Waals surface area contributed by atoms with Crippen molar-refractivity contribution in [2.24, 2.45) is 0 Å². The van der Waals surface area contributed by atoms with Gasteiger partial charge in [0.25, 0.3) is 11.8 Å². The number of ether oxygens (including phenoxy) is 3. The van der Waals surface area contributed by atoms with Crippen LogP contribution in [-0.2, 0) is 19.1 Å². The van der Waals surface area contributed by atoms with Gasteiger partial charge in [-0.2, -0.15) is 0 Å². The van der Waals surface area contributed by atoms with Gasteiger partial charge < -0.3 is 14.2 Å². The van der Waals surface area contributed by atoms with Crippen LogP contribution in [0.25, 0.3) is 6.08 Å². The zero-order valence-electron chi connectivity index (χ0n) is 17.9. The Bertz CT molecular complexity index is 1110. The van der Waals surface area contributed by atoms with E-state index in [4.69, 9.17) is 14.2 Å². The maximum Gasteiger partial charge on any atom is 0.344 e. The smallest absolute Gasteiger partial charge is 0.344 e. The number of hydrogen-bond donors (Lipinski definition) is 1. The highest BCUT2D eigenvalue weighted by atomic mass is 16.6. The van der Waals surface area contributed by atoms with Crippen LogP contribution in [0.4, 0.5) is 11.4 Å². The number of nitrogens with one attached hydrogen (secondary N) is 1. The standard InChI is InChI=1S/C22H21N3O8/c1-3-31-18-12-14(11-17(25(29)30)20(18)33-13-19(26)32-4-2)10-16-21(27)23-24(22(16)28)15-8-6-5-7-9-15/h5-12H,3-4,13H2,1-2H3,(H,23,27). The van der Waals surface area contributed by atoms with Crippen LogP contribution in [0, 0.1) is 10.1 Å². The largest absolute Gasteiger partial charge is 0.490 e. The summed E-state index contributed by atoms with van der Waals surface area (Å²) in [6.45, 7) is 3.01. The number of amides is 2. The Hall–Kier alpha value is -4.41. The highest BCUT2D eigenvalue weighted by Crippen LogP contribution is 2.39. The van der Waals surface area contributed by atoms with Gasteiger partial charge >= 0.3 is 11.7 Å². The Balaban J connectivity index is 1.98. The molecule has 0 aliphatic carbocycles. The average Bonchev–Trinajstić information content (AvgIpc) is 3.07. The number of nitro groups is 1. The highest BCUT2D eigenvalue weighted by molar-refractivity contribution is 6.31. The number of hydrogen-bond acceptors (Lipinski definition) is 8. The Kier molecular flexibility index (Phi) is 7.24. The third-order valence-electron chi connectivity index (χ3n) is 4.41. The highest BCUT2D eigenvalue weighted by Gasteiger charge is 2.35. The molecule has 1 saturated heterocycles. The maximum atomic E-state index is 12.8. The average molecular weight is 455 g/mol. The fraction of sp³-hybridized carbons (Fsp3) is 0.227. The predicted molar refractivity (Wildman–Crippen MR) is 116 cm³/mol. The van der Waals surface area contributed by atoms with E-state index < -0.39 is 35.0 Å². The Labute approximate surface area is 188 Å². The first kappa shape index (κ1) is 23.3. The minimum atomic E-state index is -0.710. The molecule has 1 N–H and O–H groups in total. The molecule has 0 bridgehead atoms. The van der Waals surface area contributed by atoms with E-state index in [-0.39, 0.29) is 35.8 Å². The number of rotatable bonds is 9. The van der Waals surface area contributed by atoms with Gasteiger partial charge in [-0.05, 0) is 43.7 Å². The van der Waals surface area contributed by atoms with Crippen molar-refractivity contribution in [3.05, 3.63) is 63.7 Å². The van der Waals surface area contributed by atoms with Crippen molar-refractivity contribution in [1.82, 2.24) is 5.43 Å². The number of hydrazine groups is 1. The molecule has 2 amide bonds. The molecule has 0 aromatic heterocycles. The van der Waals surface area contributed by atoms with Crippen molar-refractivity contribution in [2.45, 2.75) is 13.8 Å². The Morgan fingerprint density at radius 3 is 2.48 bits per heavy atom. The Morgan fingerprint density at radius 1 is 1.12 bits per heavy atom. The summed E-state index contributed by atoms with van der Waals surface area (Å²) in [6.07, 6.45) is 1.23. The zero-order valence-corrected chi connectivity index (χ0v) is 17.9. The second kappa shape index (κ2) is 10.3. The first-order chi connectivity index (χ1) is 15.8.